The molecular weight excluding hydrogens is 312 g/mol. The maximum Gasteiger partial charge on any atom is 0.252 e. The van der Waals surface area contributed by atoms with Gasteiger partial charge in [0.2, 0.25) is 5.91 Å². The molecular formula is C21H26N2O2. The molecule has 0 bridgehead atoms. The molecule has 0 aliphatic carbocycles. The average molecular weight is 338 g/mol. The zero-order valence-corrected chi connectivity index (χ0v) is 15.1. The number of rotatable bonds is 7. The van der Waals surface area contributed by atoms with Crippen molar-refractivity contribution >= 4 is 11.8 Å². The summed E-state index contributed by atoms with van der Waals surface area (Å²) in [6, 6.07) is 16.8. The maximum atomic E-state index is 12.5. The summed E-state index contributed by atoms with van der Waals surface area (Å²) in [5.74, 6) is -0.354. The van der Waals surface area contributed by atoms with Crippen LogP contribution in [-0.2, 0) is 11.2 Å². The Balaban J connectivity index is 1.94. The van der Waals surface area contributed by atoms with Gasteiger partial charge in [0.25, 0.3) is 5.91 Å². The topological polar surface area (TPSA) is 58.2 Å². The number of amides is 2. The number of nitrogens with one attached hydrogen (secondary N) is 2. The summed E-state index contributed by atoms with van der Waals surface area (Å²) in [6.45, 7) is 6.30. The molecule has 0 aliphatic heterocycles. The Labute approximate surface area is 149 Å². The van der Waals surface area contributed by atoms with E-state index in [9.17, 15) is 9.59 Å². The van der Waals surface area contributed by atoms with Crippen molar-refractivity contribution in [2.24, 2.45) is 5.92 Å². The predicted octanol–water partition coefficient (Wildman–Crippen LogP) is 3.11. The van der Waals surface area contributed by atoms with Crippen LogP contribution in [0.3, 0.4) is 0 Å². The number of carbonyl (C=O) groups excluding carboxylic acids is 2. The molecule has 132 valence electrons. The number of aryl methyl sites for hydroxylation is 1. The first-order valence-electron chi connectivity index (χ1n) is 8.67. The molecule has 0 heterocycles. The van der Waals surface area contributed by atoms with E-state index in [1.165, 1.54) is 5.56 Å². The van der Waals surface area contributed by atoms with Gasteiger partial charge in [0.1, 0.15) is 6.04 Å². The van der Waals surface area contributed by atoms with Gasteiger partial charge in [-0.2, -0.15) is 0 Å². The maximum absolute atomic E-state index is 12.5. The van der Waals surface area contributed by atoms with Crippen molar-refractivity contribution in [2.75, 3.05) is 6.54 Å². The summed E-state index contributed by atoms with van der Waals surface area (Å²) in [6.07, 6.45) is 0.767. The van der Waals surface area contributed by atoms with E-state index in [2.05, 4.69) is 10.6 Å². The Bertz CT molecular complexity index is 711. The van der Waals surface area contributed by atoms with Gasteiger partial charge in [-0.25, -0.2) is 0 Å². The van der Waals surface area contributed by atoms with E-state index in [-0.39, 0.29) is 17.7 Å². The van der Waals surface area contributed by atoms with Crippen molar-refractivity contribution in [2.45, 2.75) is 33.2 Å². The Hall–Kier alpha value is -2.62. The minimum atomic E-state index is -0.553. The number of hydrogen-bond acceptors (Lipinski definition) is 2. The molecule has 2 aromatic carbocycles. The highest BCUT2D eigenvalue weighted by atomic mass is 16.2. The third-order valence-electron chi connectivity index (χ3n) is 4.18. The normalized spacial score (nSPS) is 11.8. The van der Waals surface area contributed by atoms with Gasteiger partial charge in [-0.15, -0.1) is 0 Å². The number of hydrogen-bond donors (Lipinski definition) is 2. The first-order chi connectivity index (χ1) is 12.0. The van der Waals surface area contributed by atoms with Crippen LogP contribution in [0.4, 0.5) is 0 Å². The van der Waals surface area contributed by atoms with Crippen molar-refractivity contribution in [3.63, 3.8) is 0 Å². The van der Waals surface area contributed by atoms with Gasteiger partial charge in [-0.3, -0.25) is 9.59 Å². The van der Waals surface area contributed by atoms with Crippen molar-refractivity contribution in [1.29, 1.82) is 0 Å². The van der Waals surface area contributed by atoms with Crippen LogP contribution in [0.5, 0.6) is 0 Å². The zero-order valence-electron chi connectivity index (χ0n) is 15.1. The summed E-state index contributed by atoms with van der Waals surface area (Å²) in [7, 11) is 0. The van der Waals surface area contributed by atoms with E-state index < -0.39 is 6.04 Å². The molecule has 0 aromatic heterocycles. The molecule has 0 aliphatic rings. The van der Waals surface area contributed by atoms with Crippen molar-refractivity contribution in [1.82, 2.24) is 10.6 Å². The predicted molar refractivity (Wildman–Crippen MR) is 100 cm³/mol. The minimum absolute atomic E-state index is 0.00435. The lowest BCUT2D eigenvalue weighted by atomic mass is 10.0. The lowest BCUT2D eigenvalue weighted by Gasteiger charge is -2.22. The van der Waals surface area contributed by atoms with Crippen LogP contribution >= 0.6 is 0 Å². The minimum Gasteiger partial charge on any atom is -0.354 e. The molecule has 2 aromatic rings. The van der Waals surface area contributed by atoms with Gasteiger partial charge < -0.3 is 10.6 Å². The van der Waals surface area contributed by atoms with E-state index in [0.29, 0.717) is 12.1 Å². The van der Waals surface area contributed by atoms with Crippen molar-refractivity contribution in [3.8, 4) is 0 Å². The van der Waals surface area contributed by atoms with Crippen LogP contribution in [0.25, 0.3) is 0 Å². The molecule has 0 radical (unpaired) electrons. The summed E-state index contributed by atoms with van der Waals surface area (Å²) in [5.41, 5.74) is 2.67. The molecule has 1 unspecified atom stereocenters. The summed E-state index contributed by atoms with van der Waals surface area (Å²) < 4.78 is 0. The van der Waals surface area contributed by atoms with E-state index >= 15 is 0 Å². The van der Waals surface area contributed by atoms with Gasteiger partial charge in [0.05, 0.1) is 0 Å². The van der Waals surface area contributed by atoms with Crippen LogP contribution in [0.1, 0.15) is 35.3 Å². The van der Waals surface area contributed by atoms with E-state index in [1.54, 1.807) is 6.07 Å². The SMILES string of the molecule is Cc1ccccc1C(=O)NC(C(=O)NCCc1ccccc1)C(C)C. The molecule has 2 amide bonds. The van der Waals surface area contributed by atoms with E-state index in [1.807, 2.05) is 69.3 Å². The molecule has 0 saturated carbocycles. The lowest BCUT2D eigenvalue weighted by molar-refractivity contribution is -0.123. The van der Waals surface area contributed by atoms with Gasteiger partial charge in [0.15, 0.2) is 0 Å². The molecule has 2 rings (SSSR count). The molecule has 0 fully saturated rings. The molecule has 4 heteroatoms. The molecule has 2 N–H and O–H groups in total. The second-order valence-corrected chi connectivity index (χ2v) is 6.54. The largest absolute Gasteiger partial charge is 0.354 e. The number of benzene rings is 2. The Morgan fingerprint density at radius 2 is 1.60 bits per heavy atom. The fourth-order valence-corrected chi connectivity index (χ4v) is 2.67. The fourth-order valence-electron chi connectivity index (χ4n) is 2.67. The number of carbonyl (C=O) groups is 2. The van der Waals surface area contributed by atoms with Crippen molar-refractivity contribution < 1.29 is 9.59 Å². The van der Waals surface area contributed by atoms with Gasteiger partial charge in [0, 0.05) is 12.1 Å². The van der Waals surface area contributed by atoms with Crippen LogP contribution in [-0.4, -0.2) is 24.4 Å². The monoisotopic (exact) mass is 338 g/mol. The lowest BCUT2D eigenvalue weighted by Crippen LogP contribution is -2.50. The second-order valence-electron chi connectivity index (χ2n) is 6.54. The van der Waals surface area contributed by atoms with Crippen LogP contribution in [0, 0.1) is 12.8 Å². The highest BCUT2D eigenvalue weighted by Crippen LogP contribution is 2.09. The van der Waals surface area contributed by atoms with Gasteiger partial charge >= 0.3 is 0 Å². The van der Waals surface area contributed by atoms with Gasteiger partial charge in [-0.05, 0) is 36.5 Å². The smallest absolute Gasteiger partial charge is 0.252 e. The summed E-state index contributed by atoms with van der Waals surface area (Å²) >= 11 is 0. The molecule has 1 atom stereocenters. The quantitative estimate of drug-likeness (QED) is 0.815. The molecule has 25 heavy (non-hydrogen) atoms. The van der Waals surface area contributed by atoms with E-state index in [4.69, 9.17) is 0 Å². The van der Waals surface area contributed by atoms with Crippen LogP contribution < -0.4 is 10.6 Å². The Morgan fingerprint density at radius 1 is 0.960 bits per heavy atom. The van der Waals surface area contributed by atoms with Crippen LogP contribution in [0.15, 0.2) is 54.6 Å². The first-order valence-corrected chi connectivity index (χ1v) is 8.67. The van der Waals surface area contributed by atoms with E-state index in [0.717, 1.165) is 12.0 Å². The highest BCUT2D eigenvalue weighted by molar-refractivity contribution is 5.98. The fraction of sp³-hybridized carbons (Fsp3) is 0.333. The third kappa shape index (κ3) is 5.45. The van der Waals surface area contributed by atoms with Crippen molar-refractivity contribution in [3.05, 3.63) is 71.3 Å². The zero-order chi connectivity index (χ0) is 18.2. The molecule has 4 nitrogen and oxygen atoms in total. The van der Waals surface area contributed by atoms with Crippen LogP contribution in [0.2, 0.25) is 0 Å². The Morgan fingerprint density at radius 3 is 2.24 bits per heavy atom. The average Bonchev–Trinajstić information content (AvgIpc) is 2.60. The first kappa shape index (κ1) is 18.7. The van der Waals surface area contributed by atoms with Gasteiger partial charge in [-0.1, -0.05) is 62.4 Å². The molecule has 0 spiro atoms. The standard InChI is InChI=1S/C21H26N2O2/c1-15(2)19(23-20(24)18-12-8-7-9-16(18)3)21(25)22-14-13-17-10-5-4-6-11-17/h4-12,15,19H,13-14H2,1-3H3,(H,22,25)(H,23,24). The highest BCUT2D eigenvalue weighted by Gasteiger charge is 2.24. The Kier molecular flexibility index (Phi) is 6.75. The summed E-state index contributed by atoms with van der Waals surface area (Å²) in [4.78, 5) is 25.0. The second kappa shape index (κ2) is 9.02. The third-order valence-corrected chi connectivity index (χ3v) is 4.18. The summed E-state index contributed by atoms with van der Waals surface area (Å²) in [5, 5.41) is 5.80. The molecule has 0 saturated heterocycles.